The fourth-order valence-electron chi connectivity index (χ4n) is 0.957. The predicted molar refractivity (Wildman–Crippen MR) is 64.2 cm³/mol. The highest BCUT2D eigenvalue weighted by Crippen LogP contribution is 2.07. The van der Waals surface area contributed by atoms with Gasteiger partial charge in [-0.1, -0.05) is 0 Å². The van der Waals surface area contributed by atoms with Crippen LogP contribution in [0.15, 0.2) is 0 Å². The lowest BCUT2D eigenvalue weighted by Crippen LogP contribution is -2.38. The van der Waals surface area contributed by atoms with E-state index in [9.17, 15) is 13.2 Å². The molecule has 1 atom stereocenters. The van der Waals surface area contributed by atoms with E-state index in [1.807, 2.05) is 0 Å². The number of carbonyl (C=O) groups is 1. The van der Waals surface area contributed by atoms with Crippen LogP contribution in [0.5, 0.6) is 0 Å². The Bertz CT molecular complexity index is 344. The van der Waals surface area contributed by atoms with Crippen LogP contribution in [0.3, 0.4) is 0 Å². The highest BCUT2D eigenvalue weighted by atomic mass is 32.2. The highest BCUT2D eigenvalue weighted by molar-refractivity contribution is 7.85. The lowest BCUT2D eigenvalue weighted by Gasteiger charge is -2.21. The molecular formula is C10H21NO5S. The van der Waals surface area contributed by atoms with Crippen molar-refractivity contribution in [1.29, 1.82) is 0 Å². The maximum atomic E-state index is 11.3. The molecule has 17 heavy (non-hydrogen) atoms. The van der Waals surface area contributed by atoms with E-state index in [2.05, 4.69) is 9.50 Å². The summed E-state index contributed by atoms with van der Waals surface area (Å²) in [7, 11) is -3.42. The normalized spacial score (nSPS) is 14.2. The van der Waals surface area contributed by atoms with Gasteiger partial charge >= 0.3 is 6.09 Å². The second kappa shape index (κ2) is 6.20. The Morgan fingerprint density at radius 3 is 2.29 bits per heavy atom. The summed E-state index contributed by atoms with van der Waals surface area (Å²) in [6, 6.07) is -0.216. The summed E-state index contributed by atoms with van der Waals surface area (Å²) in [5.41, 5.74) is -0.549. The van der Waals surface area contributed by atoms with E-state index in [1.165, 1.54) is 0 Å². The monoisotopic (exact) mass is 267 g/mol. The zero-order valence-electron chi connectivity index (χ0n) is 10.9. The number of nitrogens with one attached hydrogen (secondary N) is 1. The number of amides is 1. The summed E-state index contributed by atoms with van der Waals surface area (Å²) in [5.74, 6) is 0. The third-order valence-corrected chi connectivity index (χ3v) is 2.21. The minimum atomic E-state index is -3.42. The van der Waals surface area contributed by atoms with Crippen molar-refractivity contribution in [3.05, 3.63) is 0 Å². The summed E-state index contributed by atoms with van der Waals surface area (Å²) in [6.45, 7) is 7.09. The topological polar surface area (TPSA) is 81.7 Å². The molecule has 0 aromatic heterocycles. The van der Waals surface area contributed by atoms with Crippen molar-refractivity contribution in [3.8, 4) is 0 Å². The molecule has 1 N–H and O–H groups in total. The van der Waals surface area contributed by atoms with Crippen LogP contribution in [0.25, 0.3) is 0 Å². The quantitative estimate of drug-likeness (QED) is 0.758. The zero-order valence-corrected chi connectivity index (χ0v) is 11.8. The smallest absolute Gasteiger partial charge is 0.407 e. The summed E-state index contributed by atoms with van der Waals surface area (Å²) in [6.07, 6.45) is 0.856. The van der Waals surface area contributed by atoms with E-state index in [1.54, 1.807) is 27.7 Å². The van der Waals surface area contributed by atoms with Crippen LogP contribution in [0.4, 0.5) is 4.79 Å². The summed E-state index contributed by atoms with van der Waals surface area (Å²) in [5, 5.41) is 2.59. The summed E-state index contributed by atoms with van der Waals surface area (Å²) >= 11 is 0. The molecule has 0 spiro atoms. The highest BCUT2D eigenvalue weighted by Gasteiger charge is 2.17. The molecule has 0 aliphatic carbocycles. The minimum absolute atomic E-state index is 0.0375. The molecule has 1 amide bonds. The van der Waals surface area contributed by atoms with Gasteiger partial charge in [-0.25, -0.2) is 4.79 Å². The van der Waals surface area contributed by atoms with Crippen LogP contribution in [0, 0.1) is 0 Å². The molecule has 102 valence electrons. The maximum absolute atomic E-state index is 11.3. The fourth-order valence-corrected chi connectivity index (χ4v) is 1.36. The molecule has 0 bridgehead atoms. The molecule has 0 aromatic rings. The van der Waals surface area contributed by atoms with Gasteiger partial charge in [0.1, 0.15) is 5.60 Å². The van der Waals surface area contributed by atoms with Gasteiger partial charge in [-0.15, -0.1) is 0 Å². The second-order valence-electron chi connectivity index (χ2n) is 4.86. The third-order valence-electron chi connectivity index (χ3n) is 1.61. The number of hydrogen-bond acceptors (Lipinski definition) is 5. The van der Waals surface area contributed by atoms with Gasteiger partial charge in [-0.05, 0) is 34.1 Å². The molecule has 6 nitrogen and oxygen atoms in total. The van der Waals surface area contributed by atoms with Crippen LogP contribution < -0.4 is 5.32 Å². The molecule has 0 heterocycles. The van der Waals surface area contributed by atoms with Gasteiger partial charge in [-0.2, -0.15) is 8.42 Å². The van der Waals surface area contributed by atoms with E-state index >= 15 is 0 Å². The first-order chi connectivity index (χ1) is 7.49. The number of ether oxygens (including phenoxy) is 1. The molecule has 1 unspecified atom stereocenters. The van der Waals surface area contributed by atoms with E-state index in [0.717, 1.165) is 6.26 Å². The Balaban J connectivity index is 3.87. The van der Waals surface area contributed by atoms with Gasteiger partial charge < -0.3 is 10.1 Å². The van der Waals surface area contributed by atoms with Crippen LogP contribution in [-0.4, -0.2) is 39.0 Å². The SMILES string of the molecule is CC(CCOS(C)(=O)=O)NC(=O)OC(C)(C)C. The van der Waals surface area contributed by atoms with Gasteiger partial charge in [-0.3, -0.25) is 4.18 Å². The maximum Gasteiger partial charge on any atom is 0.407 e. The number of carbonyl (C=O) groups excluding carboxylic acids is 1. The van der Waals surface area contributed by atoms with Crippen LogP contribution in [0.2, 0.25) is 0 Å². The zero-order chi connectivity index (χ0) is 13.7. The average Bonchev–Trinajstić information content (AvgIpc) is 1.96. The molecule has 0 saturated carbocycles. The molecule has 0 rings (SSSR count). The van der Waals surface area contributed by atoms with Gasteiger partial charge in [0.05, 0.1) is 12.9 Å². The van der Waals surface area contributed by atoms with E-state index in [0.29, 0.717) is 6.42 Å². The van der Waals surface area contributed by atoms with Crippen LogP contribution >= 0.6 is 0 Å². The number of rotatable bonds is 5. The standard InChI is InChI=1S/C10H21NO5S/c1-8(6-7-15-17(5,13)14)11-9(12)16-10(2,3)4/h8H,6-7H2,1-5H3,(H,11,12). The van der Waals surface area contributed by atoms with Crippen molar-refractivity contribution in [1.82, 2.24) is 5.32 Å². The molecule has 0 aliphatic heterocycles. The van der Waals surface area contributed by atoms with Gasteiger partial charge in [0.25, 0.3) is 10.1 Å². The summed E-state index contributed by atoms with van der Waals surface area (Å²) < 4.78 is 31.0. The van der Waals surface area contributed by atoms with E-state index < -0.39 is 21.8 Å². The molecule has 0 saturated heterocycles. The Morgan fingerprint density at radius 2 is 1.88 bits per heavy atom. The molecule has 7 heteroatoms. The lowest BCUT2D eigenvalue weighted by molar-refractivity contribution is 0.0504. The Labute approximate surface area is 103 Å². The van der Waals surface area contributed by atoms with Crippen molar-refractivity contribution in [3.63, 3.8) is 0 Å². The van der Waals surface area contributed by atoms with Crippen molar-refractivity contribution < 1.29 is 22.1 Å². The largest absolute Gasteiger partial charge is 0.444 e. The fraction of sp³-hybridized carbons (Fsp3) is 0.900. The first kappa shape index (κ1) is 16.2. The van der Waals surface area contributed by atoms with Crippen LogP contribution in [-0.2, 0) is 19.0 Å². The van der Waals surface area contributed by atoms with E-state index in [4.69, 9.17) is 4.74 Å². The lowest BCUT2D eigenvalue weighted by atomic mass is 10.2. The molecular weight excluding hydrogens is 246 g/mol. The minimum Gasteiger partial charge on any atom is -0.444 e. The number of hydrogen-bond donors (Lipinski definition) is 1. The van der Waals surface area contributed by atoms with Crippen molar-refractivity contribution in [2.45, 2.75) is 45.8 Å². The van der Waals surface area contributed by atoms with Gasteiger partial charge in [0, 0.05) is 6.04 Å². The van der Waals surface area contributed by atoms with Gasteiger partial charge in [0.2, 0.25) is 0 Å². The van der Waals surface area contributed by atoms with Crippen molar-refractivity contribution in [2.75, 3.05) is 12.9 Å². The Morgan fingerprint density at radius 1 is 1.35 bits per heavy atom. The summed E-state index contributed by atoms with van der Waals surface area (Å²) in [4.78, 5) is 11.3. The van der Waals surface area contributed by atoms with Crippen molar-refractivity contribution >= 4 is 16.2 Å². The first-order valence-electron chi connectivity index (χ1n) is 5.33. The van der Waals surface area contributed by atoms with Crippen LogP contribution in [0.1, 0.15) is 34.1 Å². The average molecular weight is 267 g/mol. The van der Waals surface area contributed by atoms with E-state index in [-0.39, 0.29) is 12.6 Å². The Kier molecular flexibility index (Phi) is 5.91. The first-order valence-corrected chi connectivity index (χ1v) is 7.15. The Hall–Kier alpha value is -0.820. The van der Waals surface area contributed by atoms with Gasteiger partial charge in [0.15, 0.2) is 0 Å². The number of alkyl carbamates (subject to hydrolysis) is 1. The molecule has 0 fully saturated rings. The third kappa shape index (κ3) is 11.4. The van der Waals surface area contributed by atoms with Crippen molar-refractivity contribution in [2.24, 2.45) is 0 Å². The predicted octanol–water partition coefficient (Wildman–Crippen LogP) is 1.27. The molecule has 0 aromatic carbocycles. The molecule has 0 aliphatic rings. The molecule has 0 radical (unpaired) electrons. The second-order valence-corrected chi connectivity index (χ2v) is 6.51.